The number of thiophene rings is 1. The van der Waals surface area contributed by atoms with Gasteiger partial charge < -0.3 is 5.11 Å². The van der Waals surface area contributed by atoms with Gasteiger partial charge in [-0.1, -0.05) is 37.6 Å². The number of hydrogen-bond acceptors (Lipinski definition) is 4. The molecule has 4 nitrogen and oxygen atoms in total. The van der Waals surface area contributed by atoms with Crippen molar-refractivity contribution in [2.45, 2.75) is 45.1 Å². The van der Waals surface area contributed by atoms with Crippen LogP contribution in [0.3, 0.4) is 0 Å². The lowest BCUT2D eigenvalue weighted by Gasteiger charge is -2.11. The van der Waals surface area contributed by atoms with Gasteiger partial charge in [-0.15, -0.1) is 11.3 Å². The van der Waals surface area contributed by atoms with Crippen LogP contribution in [0.25, 0.3) is 10.4 Å². The van der Waals surface area contributed by atoms with E-state index in [1.165, 1.54) is 16.0 Å². The van der Waals surface area contributed by atoms with Crippen LogP contribution < -0.4 is 5.48 Å². The minimum absolute atomic E-state index is 0.278. The fourth-order valence-corrected chi connectivity index (χ4v) is 3.43. The maximum absolute atomic E-state index is 10.9. The van der Waals surface area contributed by atoms with E-state index in [4.69, 9.17) is 5.21 Å². The summed E-state index contributed by atoms with van der Waals surface area (Å²) in [5.74, 6) is -0.383. The highest BCUT2D eigenvalue weighted by Crippen LogP contribution is 2.29. The average molecular weight is 333 g/mol. The van der Waals surface area contributed by atoms with Gasteiger partial charge in [0.2, 0.25) is 5.91 Å². The Bertz CT molecular complexity index is 621. The van der Waals surface area contributed by atoms with E-state index < -0.39 is 6.10 Å². The predicted octanol–water partition coefficient (Wildman–Crippen LogP) is 4.08. The molecule has 0 saturated carbocycles. The van der Waals surface area contributed by atoms with Crippen LogP contribution in [0.4, 0.5) is 0 Å². The Hall–Kier alpha value is -1.69. The Morgan fingerprint density at radius 2 is 2.00 bits per heavy atom. The second kappa shape index (κ2) is 8.82. The number of carbonyl (C=O) groups excluding carboxylic acids is 1. The highest BCUT2D eigenvalue weighted by molar-refractivity contribution is 7.13. The van der Waals surface area contributed by atoms with Crippen molar-refractivity contribution in [3.05, 3.63) is 46.8 Å². The summed E-state index contributed by atoms with van der Waals surface area (Å²) < 4.78 is 0. The van der Waals surface area contributed by atoms with E-state index in [1.807, 2.05) is 24.3 Å². The predicted molar refractivity (Wildman–Crippen MR) is 92.5 cm³/mol. The lowest BCUT2D eigenvalue weighted by Crippen LogP contribution is -2.17. The number of hydroxylamine groups is 1. The molecule has 0 unspecified atom stereocenters. The second-order valence-corrected chi connectivity index (χ2v) is 6.50. The average Bonchev–Trinajstić information content (AvgIpc) is 3.07. The maximum Gasteiger partial charge on any atom is 0.243 e. The van der Waals surface area contributed by atoms with Crippen LogP contribution in [0.2, 0.25) is 0 Å². The Morgan fingerprint density at radius 3 is 2.61 bits per heavy atom. The monoisotopic (exact) mass is 333 g/mol. The van der Waals surface area contributed by atoms with Gasteiger partial charge in [0.05, 0.1) is 6.10 Å². The normalized spacial score (nSPS) is 12.1. The number of unbranched alkanes of at least 4 members (excludes halogenated alkanes) is 1. The van der Waals surface area contributed by atoms with E-state index in [2.05, 4.69) is 18.4 Å². The quantitative estimate of drug-likeness (QED) is 0.387. The number of carbonyl (C=O) groups is 1. The van der Waals surface area contributed by atoms with Gasteiger partial charge in [-0.05, 0) is 47.4 Å². The number of nitrogens with one attached hydrogen (secondary N) is 1. The number of benzene rings is 1. The topological polar surface area (TPSA) is 69.6 Å². The van der Waals surface area contributed by atoms with Crippen molar-refractivity contribution in [3.8, 4) is 10.4 Å². The first-order valence-corrected chi connectivity index (χ1v) is 8.80. The molecule has 1 heterocycles. The van der Waals surface area contributed by atoms with Crippen LogP contribution in [-0.2, 0) is 11.2 Å². The molecule has 1 aromatic heterocycles. The summed E-state index contributed by atoms with van der Waals surface area (Å²) in [5, 5.41) is 20.8. The van der Waals surface area contributed by atoms with Crippen molar-refractivity contribution in [1.29, 1.82) is 0 Å². The van der Waals surface area contributed by atoms with Crippen LogP contribution >= 0.6 is 11.3 Å². The van der Waals surface area contributed by atoms with Crippen molar-refractivity contribution in [3.63, 3.8) is 0 Å². The second-order valence-electron chi connectivity index (χ2n) is 5.59. The molecular formula is C18H23NO3S. The Morgan fingerprint density at radius 1 is 1.26 bits per heavy atom. The van der Waals surface area contributed by atoms with Gasteiger partial charge in [0, 0.05) is 11.3 Å². The molecule has 2 rings (SSSR count). The van der Waals surface area contributed by atoms with Gasteiger partial charge in [0.15, 0.2) is 0 Å². The van der Waals surface area contributed by atoms with Crippen molar-refractivity contribution < 1.29 is 15.1 Å². The van der Waals surface area contributed by atoms with Crippen LogP contribution in [0.15, 0.2) is 35.7 Å². The highest BCUT2D eigenvalue weighted by atomic mass is 32.1. The number of aryl methyl sites for hydroxylation is 1. The molecule has 23 heavy (non-hydrogen) atoms. The van der Waals surface area contributed by atoms with Crippen molar-refractivity contribution in [2.75, 3.05) is 0 Å². The van der Waals surface area contributed by atoms with E-state index in [0.29, 0.717) is 12.8 Å². The van der Waals surface area contributed by atoms with E-state index in [-0.39, 0.29) is 12.3 Å². The first kappa shape index (κ1) is 17.7. The standard InChI is InChI=1S/C18H23NO3S/c1-2-13-11-17(23-12-13)15-9-7-14(8-10-15)16(20)5-3-4-6-18(21)19-22/h7-12,16,20,22H,2-6H2,1H3,(H,19,21)/t16-/m1/s1. The molecule has 0 fully saturated rings. The molecule has 2 aromatic rings. The molecule has 0 aliphatic carbocycles. The number of hydrogen-bond donors (Lipinski definition) is 3. The highest BCUT2D eigenvalue weighted by Gasteiger charge is 2.09. The minimum Gasteiger partial charge on any atom is -0.388 e. The number of amides is 1. The smallest absolute Gasteiger partial charge is 0.243 e. The number of aliphatic hydroxyl groups excluding tert-OH is 1. The maximum atomic E-state index is 10.9. The molecule has 0 aliphatic heterocycles. The van der Waals surface area contributed by atoms with Gasteiger partial charge in [-0.2, -0.15) is 0 Å². The summed E-state index contributed by atoms with van der Waals surface area (Å²) in [6.07, 6.45) is 2.80. The molecule has 1 atom stereocenters. The third-order valence-electron chi connectivity index (χ3n) is 3.90. The Balaban J connectivity index is 1.87. The number of aliphatic hydroxyl groups is 1. The largest absolute Gasteiger partial charge is 0.388 e. The first-order valence-electron chi connectivity index (χ1n) is 7.92. The Kier molecular flexibility index (Phi) is 6.77. The fraction of sp³-hybridized carbons (Fsp3) is 0.389. The summed E-state index contributed by atoms with van der Waals surface area (Å²) >= 11 is 1.74. The van der Waals surface area contributed by atoms with Crippen molar-refractivity contribution in [2.24, 2.45) is 0 Å². The van der Waals surface area contributed by atoms with Crippen LogP contribution in [-0.4, -0.2) is 16.2 Å². The molecule has 3 N–H and O–H groups in total. The third-order valence-corrected chi connectivity index (χ3v) is 4.93. The van der Waals surface area contributed by atoms with E-state index in [0.717, 1.165) is 18.4 Å². The van der Waals surface area contributed by atoms with Crippen LogP contribution in [0, 0.1) is 0 Å². The van der Waals surface area contributed by atoms with Gasteiger partial charge >= 0.3 is 0 Å². The van der Waals surface area contributed by atoms with E-state index >= 15 is 0 Å². The summed E-state index contributed by atoms with van der Waals surface area (Å²) in [6, 6.07) is 10.2. The van der Waals surface area contributed by atoms with Crippen LogP contribution in [0.1, 0.15) is 49.8 Å². The van der Waals surface area contributed by atoms with Gasteiger partial charge in [0.25, 0.3) is 0 Å². The van der Waals surface area contributed by atoms with Crippen molar-refractivity contribution in [1.82, 2.24) is 5.48 Å². The van der Waals surface area contributed by atoms with Gasteiger partial charge in [-0.3, -0.25) is 10.0 Å². The fourth-order valence-electron chi connectivity index (χ4n) is 2.43. The van der Waals surface area contributed by atoms with E-state index in [1.54, 1.807) is 16.8 Å². The zero-order valence-electron chi connectivity index (χ0n) is 13.3. The molecule has 0 bridgehead atoms. The third kappa shape index (κ3) is 5.16. The molecule has 1 amide bonds. The SMILES string of the molecule is CCc1csc(-c2ccc([C@H](O)CCCCC(=O)NO)cc2)c1. The first-order chi connectivity index (χ1) is 11.1. The molecule has 0 saturated heterocycles. The summed E-state index contributed by atoms with van der Waals surface area (Å²) in [7, 11) is 0. The minimum atomic E-state index is -0.518. The zero-order chi connectivity index (χ0) is 16.7. The molecule has 0 spiro atoms. The van der Waals surface area contributed by atoms with Crippen LogP contribution in [0.5, 0.6) is 0 Å². The Labute approximate surface area is 140 Å². The zero-order valence-corrected chi connectivity index (χ0v) is 14.1. The molecule has 124 valence electrons. The lowest BCUT2D eigenvalue weighted by atomic mass is 10.0. The molecule has 0 radical (unpaired) electrons. The van der Waals surface area contributed by atoms with Gasteiger partial charge in [0.1, 0.15) is 0 Å². The van der Waals surface area contributed by atoms with Gasteiger partial charge in [-0.25, -0.2) is 5.48 Å². The molecule has 5 heteroatoms. The molecule has 0 aliphatic rings. The molecule has 1 aromatic carbocycles. The number of rotatable bonds is 8. The van der Waals surface area contributed by atoms with E-state index in [9.17, 15) is 9.90 Å². The summed E-state index contributed by atoms with van der Waals surface area (Å²) in [4.78, 5) is 12.1. The summed E-state index contributed by atoms with van der Waals surface area (Å²) in [5.41, 5.74) is 5.03. The van der Waals surface area contributed by atoms with Crippen molar-refractivity contribution >= 4 is 17.2 Å². The lowest BCUT2D eigenvalue weighted by molar-refractivity contribution is -0.129. The molecular weight excluding hydrogens is 310 g/mol. The summed E-state index contributed by atoms with van der Waals surface area (Å²) in [6.45, 7) is 2.15.